The van der Waals surface area contributed by atoms with Crippen LogP contribution in [0.3, 0.4) is 0 Å². The Morgan fingerprint density at radius 3 is 1.59 bits per heavy atom. The number of phosphoric acid groups is 1. The van der Waals surface area contributed by atoms with Crippen LogP contribution in [0, 0.1) is 0 Å². The number of nitrogens with zero attached hydrogens (tertiary/aromatic N) is 1. The van der Waals surface area contributed by atoms with E-state index in [2.05, 4.69) is 98.9 Å². The smallest absolute Gasteiger partial charge is 0.306 e. The van der Waals surface area contributed by atoms with Crippen molar-refractivity contribution in [3.63, 3.8) is 0 Å². The average Bonchev–Trinajstić information content (AvgIpc) is 3.15. The summed E-state index contributed by atoms with van der Waals surface area (Å²) in [6, 6.07) is 0. The number of hydrogen-bond acceptors (Lipinski definition) is 8. The molecule has 0 spiro atoms. The summed E-state index contributed by atoms with van der Waals surface area (Å²) in [5.41, 5.74) is 0. The lowest BCUT2D eigenvalue weighted by molar-refractivity contribution is -0.870. The fourth-order valence-electron chi connectivity index (χ4n) is 4.83. The number of quaternary nitrogens is 1. The SMILES string of the molecule is CC/C=C\C/C=C\C/C=C\C/C=C\C/C=C\C/C=C\CCC(=O)OC(COC(=O)CCCCCCC/C=C\C/C=C\CCC)COP(=O)([O-])OCC[N+](C)(C)C. The summed E-state index contributed by atoms with van der Waals surface area (Å²) in [5, 5.41) is 0. The summed E-state index contributed by atoms with van der Waals surface area (Å²) in [4.78, 5) is 37.4. The first-order chi connectivity index (χ1) is 27.0. The molecule has 0 saturated heterocycles. The maximum absolute atomic E-state index is 12.6. The summed E-state index contributed by atoms with van der Waals surface area (Å²) in [7, 11) is 1.09. The lowest BCUT2D eigenvalue weighted by Gasteiger charge is -2.28. The van der Waals surface area contributed by atoms with Crippen molar-refractivity contribution < 1.29 is 42.1 Å². The minimum absolute atomic E-state index is 0.0525. The molecule has 10 heteroatoms. The molecule has 9 nitrogen and oxygen atoms in total. The molecule has 0 aromatic rings. The third kappa shape index (κ3) is 40.6. The summed E-state index contributed by atoms with van der Waals surface area (Å²) < 4.78 is 33.7. The molecule has 0 saturated carbocycles. The van der Waals surface area contributed by atoms with E-state index in [4.69, 9.17) is 18.5 Å². The monoisotopic (exact) mass is 802 g/mol. The highest BCUT2D eigenvalue weighted by Crippen LogP contribution is 2.38. The first-order valence-corrected chi connectivity index (χ1v) is 22.4. The van der Waals surface area contributed by atoms with Crippen LogP contribution in [-0.2, 0) is 32.7 Å². The van der Waals surface area contributed by atoms with Gasteiger partial charge >= 0.3 is 11.9 Å². The van der Waals surface area contributed by atoms with Gasteiger partial charge in [0.25, 0.3) is 7.82 Å². The van der Waals surface area contributed by atoms with Crippen LogP contribution in [-0.4, -0.2) is 70.0 Å². The van der Waals surface area contributed by atoms with Crippen molar-refractivity contribution in [2.24, 2.45) is 0 Å². The second-order valence-corrected chi connectivity index (χ2v) is 16.0. The van der Waals surface area contributed by atoms with Crippen LogP contribution in [0.5, 0.6) is 0 Å². The minimum Gasteiger partial charge on any atom is -0.756 e. The Bertz CT molecular complexity index is 1270. The van der Waals surface area contributed by atoms with Crippen LogP contribution in [0.1, 0.15) is 129 Å². The largest absolute Gasteiger partial charge is 0.756 e. The van der Waals surface area contributed by atoms with Gasteiger partial charge in [-0.15, -0.1) is 0 Å². The number of carbonyl (C=O) groups is 2. The maximum Gasteiger partial charge on any atom is 0.306 e. The Labute approximate surface area is 341 Å². The maximum atomic E-state index is 12.6. The number of unbranched alkanes of at least 4 members (excludes halogenated alkanes) is 6. The van der Waals surface area contributed by atoms with Gasteiger partial charge in [-0.25, -0.2) is 0 Å². The van der Waals surface area contributed by atoms with E-state index in [1.807, 2.05) is 33.3 Å². The number of phosphoric ester groups is 1. The zero-order valence-electron chi connectivity index (χ0n) is 35.5. The topological polar surface area (TPSA) is 111 Å². The summed E-state index contributed by atoms with van der Waals surface area (Å²) in [6.45, 7) is 3.90. The van der Waals surface area contributed by atoms with Gasteiger partial charge in [-0.1, -0.05) is 137 Å². The molecule has 56 heavy (non-hydrogen) atoms. The third-order valence-electron chi connectivity index (χ3n) is 8.08. The first-order valence-electron chi connectivity index (χ1n) is 20.9. The molecule has 0 aromatic heterocycles. The van der Waals surface area contributed by atoms with Crippen molar-refractivity contribution in [3.05, 3.63) is 97.2 Å². The molecule has 0 bridgehead atoms. The second-order valence-electron chi connectivity index (χ2n) is 14.6. The van der Waals surface area contributed by atoms with Crippen molar-refractivity contribution >= 4 is 19.8 Å². The van der Waals surface area contributed by atoms with E-state index in [0.717, 1.165) is 83.5 Å². The van der Waals surface area contributed by atoms with E-state index in [-0.39, 0.29) is 26.1 Å². The van der Waals surface area contributed by atoms with Gasteiger partial charge in [0.05, 0.1) is 27.7 Å². The molecule has 0 aliphatic carbocycles. The van der Waals surface area contributed by atoms with E-state index in [1.165, 1.54) is 6.42 Å². The molecule has 0 aliphatic heterocycles. The predicted molar refractivity (Wildman–Crippen MR) is 231 cm³/mol. The fourth-order valence-corrected chi connectivity index (χ4v) is 5.56. The molecule has 0 aromatic carbocycles. The molecule has 0 heterocycles. The van der Waals surface area contributed by atoms with Crippen molar-refractivity contribution in [1.82, 2.24) is 0 Å². The van der Waals surface area contributed by atoms with Crippen LogP contribution in [0.15, 0.2) is 97.2 Å². The number of allylic oxidation sites excluding steroid dienone is 16. The molecule has 0 N–H and O–H groups in total. The summed E-state index contributed by atoms with van der Waals surface area (Å²) >= 11 is 0. The Hall–Kier alpha value is -3.07. The highest BCUT2D eigenvalue weighted by atomic mass is 31.2. The van der Waals surface area contributed by atoms with Gasteiger partial charge < -0.3 is 27.9 Å². The predicted octanol–water partition coefficient (Wildman–Crippen LogP) is 11.2. The van der Waals surface area contributed by atoms with Gasteiger partial charge in [-0.3, -0.25) is 14.2 Å². The van der Waals surface area contributed by atoms with E-state index in [9.17, 15) is 19.0 Å². The molecular formula is C46H76NO8P. The van der Waals surface area contributed by atoms with Crippen LogP contribution >= 0.6 is 7.82 Å². The Balaban J connectivity index is 4.56. The van der Waals surface area contributed by atoms with Crippen molar-refractivity contribution in [2.45, 2.75) is 136 Å². The summed E-state index contributed by atoms with van der Waals surface area (Å²) in [6.07, 6.45) is 48.8. The fraction of sp³-hybridized carbons (Fsp3) is 0.609. The van der Waals surface area contributed by atoms with Crippen LogP contribution in [0.2, 0.25) is 0 Å². The molecule has 2 unspecified atom stereocenters. The summed E-state index contributed by atoms with van der Waals surface area (Å²) in [5.74, 6) is -0.962. The van der Waals surface area contributed by atoms with E-state index < -0.39 is 32.5 Å². The highest BCUT2D eigenvalue weighted by Gasteiger charge is 2.21. The van der Waals surface area contributed by atoms with Crippen LogP contribution in [0.25, 0.3) is 0 Å². The van der Waals surface area contributed by atoms with Gasteiger partial charge in [0.15, 0.2) is 6.10 Å². The Kier molecular flexibility index (Phi) is 35.4. The van der Waals surface area contributed by atoms with Crippen molar-refractivity contribution in [1.29, 1.82) is 0 Å². The second kappa shape index (κ2) is 37.5. The van der Waals surface area contributed by atoms with Crippen LogP contribution in [0.4, 0.5) is 0 Å². The number of likely N-dealkylation sites (N-methyl/N-ethyl adjacent to an activating group) is 1. The van der Waals surface area contributed by atoms with E-state index in [1.54, 1.807) is 0 Å². The molecular weight excluding hydrogens is 725 g/mol. The number of rotatable bonds is 36. The van der Waals surface area contributed by atoms with E-state index >= 15 is 0 Å². The molecule has 0 amide bonds. The molecule has 0 rings (SSSR count). The lowest BCUT2D eigenvalue weighted by atomic mass is 10.1. The number of ether oxygens (including phenoxy) is 2. The number of esters is 2. The number of hydrogen-bond donors (Lipinski definition) is 0. The van der Waals surface area contributed by atoms with Crippen molar-refractivity contribution in [2.75, 3.05) is 47.5 Å². The quantitative estimate of drug-likeness (QED) is 0.0202. The first kappa shape index (κ1) is 52.9. The minimum atomic E-state index is -4.65. The standard InChI is InChI=1S/C46H76NO8P/c1-6-8-10-12-14-16-18-20-21-22-23-24-25-27-29-31-33-35-37-39-46(49)55-44(43-54-56(50,51)53-41-40-47(3,4)5)42-52-45(48)38-36-34-32-30-28-26-19-17-15-13-11-9-7-2/h8,10-11,13-14,16-17,19-21,23-24,27,29,33,35,44H,6-7,9,12,15,18,22,25-26,28,30-32,34,36-43H2,1-5H3/b10-8-,13-11-,16-14-,19-17-,21-20-,24-23-,29-27-,35-33-. The zero-order valence-corrected chi connectivity index (χ0v) is 36.4. The lowest BCUT2D eigenvalue weighted by Crippen LogP contribution is -2.37. The van der Waals surface area contributed by atoms with Gasteiger partial charge in [-0.2, -0.15) is 0 Å². The van der Waals surface area contributed by atoms with Gasteiger partial charge in [0.2, 0.25) is 0 Å². The number of carbonyl (C=O) groups excluding carboxylic acids is 2. The third-order valence-corrected chi connectivity index (χ3v) is 9.05. The molecule has 318 valence electrons. The normalized spacial score (nSPS) is 14.6. The molecule has 0 fully saturated rings. The molecule has 2 atom stereocenters. The molecule has 0 aliphatic rings. The van der Waals surface area contributed by atoms with Gasteiger partial charge in [0.1, 0.15) is 19.8 Å². The Morgan fingerprint density at radius 2 is 1.05 bits per heavy atom. The van der Waals surface area contributed by atoms with Gasteiger partial charge in [0, 0.05) is 12.8 Å². The molecule has 0 radical (unpaired) electrons. The van der Waals surface area contributed by atoms with Crippen LogP contribution < -0.4 is 4.89 Å². The Morgan fingerprint density at radius 1 is 0.571 bits per heavy atom. The zero-order chi connectivity index (χ0) is 41.4. The van der Waals surface area contributed by atoms with Crippen molar-refractivity contribution in [3.8, 4) is 0 Å². The van der Waals surface area contributed by atoms with Gasteiger partial charge in [-0.05, 0) is 77.0 Å². The average molecular weight is 802 g/mol. The van der Waals surface area contributed by atoms with E-state index in [0.29, 0.717) is 23.9 Å². The highest BCUT2D eigenvalue weighted by molar-refractivity contribution is 7.45.